The Morgan fingerprint density at radius 3 is 2.72 bits per heavy atom. The Labute approximate surface area is 110 Å². The van der Waals surface area contributed by atoms with E-state index in [1.807, 2.05) is 6.26 Å². The smallest absolute Gasteiger partial charge is 0.274 e. The molecule has 0 saturated heterocycles. The minimum atomic E-state index is -0.490. The molecule has 0 aliphatic carbocycles. The van der Waals surface area contributed by atoms with Crippen LogP contribution < -0.4 is 5.32 Å². The summed E-state index contributed by atoms with van der Waals surface area (Å²) >= 11 is 1.71. The molecular weight excluding hydrogens is 255 g/mol. The molecule has 4 nitrogen and oxygen atoms in total. The zero-order chi connectivity index (χ0) is 13.8. The van der Waals surface area contributed by atoms with Crippen LogP contribution >= 0.6 is 11.8 Å². The number of halogens is 1. The number of hydrogen-bond donors (Lipinski definition) is 1. The molecule has 0 aromatic heterocycles. The molecule has 1 aromatic carbocycles. The van der Waals surface area contributed by atoms with Crippen LogP contribution in [-0.4, -0.2) is 22.5 Å². The molecule has 0 aliphatic heterocycles. The van der Waals surface area contributed by atoms with Gasteiger partial charge in [-0.15, -0.1) is 0 Å². The molecule has 0 spiro atoms. The van der Waals surface area contributed by atoms with E-state index in [1.165, 1.54) is 12.1 Å². The highest BCUT2D eigenvalue weighted by molar-refractivity contribution is 7.99. The molecule has 18 heavy (non-hydrogen) atoms. The first kappa shape index (κ1) is 14.9. The van der Waals surface area contributed by atoms with E-state index >= 15 is 0 Å². The van der Waals surface area contributed by atoms with E-state index in [1.54, 1.807) is 11.8 Å². The predicted octanol–water partition coefficient (Wildman–Crippen LogP) is 2.97. The Morgan fingerprint density at radius 1 is 1.50 bits per heavy atom. The van der Waals surface area contributed by atoms with E-state index in [0.29, 0.717) is 12.1 Å². The van der Waals surface area contributed by atoms with Crippen LogP contribution in [0, 0.1) is 15.9 Å². The van der Waals surface area contributed by atoms with Gasteiger partial charge in [0.25, 0.3) is 5.69 Å². The van der Waals surface area contributed by atoms with Crippen molar-refractivity contribution >= 4 is 17.4 Å². The van der Waals surface area contributed by atoms with Crippen LogP contribution in [0.1, 0.15) is 19.4 Å². The second-order valence-electron chi connectivity index (χ2n) is 4.60. The van der Waals surface area contributed by atoms with Crippen molar-refractivity contribution in [3.8, 4) is 0 Å². The molecule has 0 radical (unpaired) electrons. The minimum Gasteiger partial charge on any atom is -0.311 e. The summed E-state index contributed by atoms with van der Waals surface area (Å²) < 4.78 is 13.1. The van der Waals surface area contributed by atoms with Gasteiger partial charge in [-0.2, -0.15) is 11.8 Å². The quantitative estimate of drug-likeness (QED) is 0.639. The number of rotatable bonds is 6. The fourth-order valence-electron chi connectivity index (χ4n) is 1.44. The average molecular weight is 272 g/mol. The van der Waals surface area contributed by atoms with E-state index in [0.717, 1.165) is 6.07 Å². The van der Waals surface area contributed by atoms with E-state index < -0.39 is 10.7 Å². The monoisotopic (exact) mass is 272 g/mol. The van der Waals surface area contributed by atoms with E-state index in [4.69, 9.17) is 0 Å². The van der Waals surface area contributed by atoms with E-state index in [2.05, 4.69) is 19.2 Å². The van der Waals surface area contributed by atoms with Crippen molar-refractivity contribution in [2.45, 2.75) is 25.1 Å². The summed E-state index contributed by atoms with van der Waals surface area (Å²) in [5.41, 5.74) is 0.322. The standard InChI is InChI=1S/C12H17FN2O2S/c1-12(2,18-3)8-14-7-9-6-10(13)4-5-11(9)15(16)17/h4-6,14H,7-8H2,1-3H3. The molecular formula is C12H17FN2O2S. The third kappa shape index (κ3) is 4.27. The zero-order valence-electron chi connectivity index (χ0n) is 10.7. The average Bonchev–Trinajstić information content (AvgIpc) is 2.28. The van der Waals surface area contributed by atoms with Crippen molar-refractivity contribution in [2.75, 3.05) is 12.8 Å². The third-order valence-corrected chi connectivity index (χ3v) is 3.91. The molecule has 0 amide bonds. The Kier molecular flexibility index (Phi) is 5.10. The number of hydrogen-bond acceptors (Lipinski definition) is 4. The number of nitro groups is 1. The molecule has 0 fully saturated rings. The van der Waals surface area contributed by atoms with Gasteiger partial charge in [-0.05, 0) is 32.2 Å². The molecule has 1 N–H and O–H groups in total. The van der Waals surface area contributed by atoms with Crippen LogP contribution in [0.25, 0.3) is 0 Å². The molecule has 1 rings (SSSR count). The third-order valence-electron chi connectivity index (χ3n) is 2.66. The SMILES string of the molecule is CSC(C)(C)CNCc1cc(F)ccc1[N+](=O)[O-]. The Bertz CT molecular complexity index is 438. The lowest BCUT2D eigenvalue weighted by Crippen LogP contribution is -2.31. The first-order valence-electron chi connectivity index (χ1n) is 5.54. The van der Waals surface area contributed by atoms with Gasteiger partial charge in [0.1, 0.15) is 5.82 Å². The van der Waals surface area contributed by atoms with Gasteiger partial charge >= 0.3 is 0 Å². The van der Waals surface area contributed by atoms with Gasteiger partial charge in [0.2, 0.25) is 0 Å². The number of nitrogens with one attached hydrogen (secondary N) is 1. The first-order chi connectivity index (χ1) is 8.35. The Hall–Kier alpha value is -1.14. The van der Waals surface area contributed by atoms with Gasteiger partial charge in [-0.1, -0.05) is 0 Å². The summed E-state index contributed by atoms with van der Waals surface area (Å²) in [6.07, 6.45) is 2.01. The summed E-state index contributed by atoms with van der Waals surface area (Å²) in [7, 11) is 0. The van der Waals surface area contributed by atoms with Gasteiger partial charge in [0.05, 0.1) is 4.92 Å². The molecule has 0 unspecified atom stereocenters. The highest BCUT2D eigenvalue weighted by Crippen LogP contribution is 2.22. The number of nitro benzene ring substituents is 1. The summed E-state index contributed by atoms with van der Waals surface area (Å²) in [6, 6.07) is 3.51. The highest BCUT2D eigenvalue weighted by atomic mass is 32.2. The van der Waals surface area contributed by atoms with Crippen molar-refractivity contribution in [3.05, 3.63) is 39.7 Å². The van der Waals surface area contributed by atoms with Crippen LogP contribution in [0.5, 0.6) is 0 Å². The topological polar surface area (TPSA) is 55.2 Å². The number of thioether (sulfide) groups is 1. The van der Waals surface area contributed by atoms with Gasteiger partial charge in [-0.25, -0.2) is 4.39 Å². The summed E-state index contributed by atoms with van der Waals surface area (Å²) in [4.78, 5) is 10.3. The van der Waals surface area contributed by atoms with Gasteiger partial charge in [0.15, 0.2) is 0 Å². The van der Waals surface area contributed by atoms with Crippen molar-refractivity contribution in [1.29, 1.82) is 0 Å². The molecule has 0 bridgehead atoms. The second kappa shape index (κ2) is 6.15. The predicted molar refractivity (Wildman–Crippen MR) is 72.4 cm³/mol. The number of benzene rings is 1. The minimum absolute atomic E-state index is 0.0438. The maximum absolute atomic E-state index is 13.1. The largest absolute Gasteiger partial charge is 0.311 e. The lowest BCUT2D eigenvalue weighted by Gasteiger charge is -2.22. The lowest BCUT2D eigenvalue weighted by molar-refractivity contribution is -0.385. The molecule has 100 valence electrons. The lowest BCUT2D eigenvalue weighted by atomic mass is 10.1. The molecule has 0 heterocycles. The second-order valence-corrected chi connectivity index (χ2v) is 6.11. The molecule has 0 atom stereocenters. The molecule has 6 heteroatoms. The normalized spacial score (nSPS) is 11.6. The summed E-state index contributed by atoms with van der Waals surface area (Å²) in [6.45, 7) is 5.13. The van der Waals surface area contributed by atoms with Gasteiger partial charge in [-0.3, -0.25) is 10.1 Å². The molecule has 0 aliphatic rings. The van der Waals surface area contributed by atoms with Crippen molar-refractivity contribution < 1.29 is 9.31 Å². The zero-order valence-corrected chi connectivity index (χ0v) is 11.5. The maximum Gasteiger partial charge on any atom is 0.274 e. The van der Waals surface area contributed by atoms with Crippen LogP contribution in [0.15, 0.2) is 18.2 Å². The fourth-order valence-corrected chi connectivity index (χ4v) is 1.69. The summed E-state index contributed by atoms with van der Waals surface area (Å²) in [5.74, 6) is -0.457. The fraction of sp³-hybridized carbons (Fsp3) is 0.500. The van der Waals surface area contributed by atoms with Crippen molar-refractivity contribution in [2.24, 2.45) is 0 Å². The molecule has 0 saturated carbocycles. The first-order valence-corrected chi connectivity index (χ1v) is 6.77. The van der Waals surface area contributed by atoms with Crippen LogP contribution in [0.2, 0.25) is 0 Å². The van der Waals surface area contributed by atoms with Crippen molar-refractivity contribution in [1.82, 2.24) is 5.32 Å². The maximum atomic E-state index is 13.1. The molecule has 1 aromatic rings. The Balaban J connectivity index is 2.72. The number of nitrogens with zero attached hydrogens (tertiary/aromatic N) is 1. The van der Waals surface area contributed by atoms with Gasteiger partial charge in [0, 0.05) is 29.5 Å². The van der Waals surface area contributed by atoms with Crippen LogP contribution in [0.3, 0.4) is 0 Å². The van der Waals surface area contributed by atoms with Gasteiger partial charge < -0.3 is 5.32 Å². The van der Waals surface area contributed by atoms with Crippen molar-refractivity contribution in [3.63, 3.8) is 0 Å². The van der Waals surface area contributed by atoms with E-state index in [9.17, 15) is 14.5 Å². The summed E-state index contributed by atoms with van der Waals surface area (Å²) in [5, 5.41) is 13.9. The van der Waals surface area contributed by atoms with Crippen LogP contribution in [-0.2, 0) is 6.54 Å². The van der Waals surface area contributed by atoms with Crippen LogP contribution in [0.4, 0.5) is 10.1 Å². The highest BCUT2D eigenvalue weighted by Gasteiger charge is 2.17. The Morgan fingerprint density at radius 2 is 2.17 bits per heavy atom. The van der Waals surface area contributed by atoms with E-state index in [-0.39, 0.29) is 17.0 Å².